The fraction of sp³-hybridized carbons (Fsp3) is 0.188. The van der Waals surface area contributed by atoms with Crippen LogP contribution in [-0.2, 0) is 15.5 Å². The number of rotatable bonds is 5. The van der Waals surface area contributed by atoms with Gasteiger partial charge < -0.3 is 9.05 Å². The molecule has 0 aliphatic heterocycles. The third-order valence-corrected chi connectivity index (χ3v) is 4.80. The van der Waals surface area contributed by atoms with Gasteiger partial charge in [-0.05, 0) is 36.8 Å². The van der Waals surface area contributed by atoms with E-state index in [9.17, 15) is 13.8 Å². The van der Waals surface area contributed by atoms with Gasteiger partial charge in [-0.15, -0.1) is 0 Å². The minimum atomic E-state index is -3.94. The Hall–Kier alpha value is -2.17. The molecule has 0 saturated carbocycles. The van der Waals surface area contributed by atoms with Crippen LogP contribution < -0.4 is 9.05 Å². The summed E-state index contributed by atoms with van der Waals surface area (Å²) in [6, 6.07) is 9.96. The lowest BCUT2D eigenvalue weighted by atomic mass is 10.1. The molecule has 0 N–H and O–H groups in total. The van der Waals surface area contributed by atoms with Crippen LogP contribution >= 0.6 is 7.82 Å². The molecule has 3 rings (SSSR count). The van der Waals surface area contributed by atoms with Crippen LogP contribution in [-0.4, -0.2) is 12.9 Å². The van der Waals surface area contributed by atoms with Crippen LogP contribution in [0.1, 0.15) is 22.3 Å². The molecule has 0 fully saturated rings. The molecule has 1 aliphatic carbocycles. The first-order valence-corrected chi connectivity index (χ1v) is 8.42. The largest absolute Gasteiger partial charge is 0.587 e. The lowest BCUT2D eigenvalue weighted by molar-refractivity contribution is 0.0994. The average Bonchev–Trinajstić information content (AvgIpc) is 2.92. The first-order valence-electron chi connectivity index (χ1n) is 6.96. The van der Waals surface area contributed by atoms with Crippen LogP contribution in [0.3, 0.4) is 0 Å². The Labute approximate surface area is 132 Å². The Morgan fingerprint density at radius 2 is 1.78 bits per heavy atom. The molecule has 2 aromatic rings. The fourth-order valence-electron chi connectivity index (χ4n) is 2.38. The van der Waals surface area contributed by atoms with Crippen molar-refractivity contribution in [3.8, 4) is 11.5 Å². The van der Waals surface area contributed by atoms with Crippen molar-refractivity contribution in [3.05, 3.63) is 59.4 Å². The van der Waals surface area contributed by atoms with E-state index in [0.29, 0.717) is 29.7 Å². The molecule has 7 heteroatoms. The van der Waals surface area contributed by atoms with Crippen LogP contribution in [0.5, 0.6) is 11.5 Å². The number of hydrogen-bond acceptors (Lipinski definition) is 5. The average molecular weight is 336 g/mol. The quantitative estimate of drug-likeness (QED) is 0.767. The highest BCUT2D eigenvalue weighted by Gasteiger charge is 2.32. The van der Waals surface area contributed by atoms with Gasteiger partial charge in [0.25, 0.3) is 0 Å². The van der Waals surface area contributed by atoms with Crippen molar-refractivity contribution >= 4 is 13.6 Å². The molecular weight excluding hydrogens is 322 g/mol. The lowest BCUT2D eigenvalue weighted by Gasteiger charge is -2.18. The van der Waals surface area contributed by atoms with E-state index in [1.54, 1.807) is 18.2 Å². The van der Waals surface area contributed by atoms with E-state index >= 15 is 0 Å². The van der Waals surface area contributed by atoms with Crippen LogP contribution in [0.4, 0.5) is 4.39 Å². The molecule has 5 nitrogen and oxygen atoms in total. The summed E-state index contributed by atoms with van der Waals surface area (Å²) in [5.41, 5.74) is 1.25. The first-order chi connectivity index (χ1) is 11.0. The maximum atomic E-state index is 12.9. The number of benzene rings is 2. The Morgan fingerprint density at radius 3 is 2.48 bits per heavy atom. The summed E-state index contributed by atoms with van der Waals surface area (Å²) in [7, 11) is -2.75. The van der Waals surface area contributed by atoms with E-state index in [1.165, 1.54) is 31.4 Å². The predicted octanol–water partition coefficient (Wildman–Crippen LogP) is 4.17. The molecule has 2 aromatic carbocycles. The molecule has 1 atom stereocenters. The summed E-state index contributed by atoms with van der Waals surface area (Å²) in [5.74, 6) is 0.0305. The topological polar surface area (TPSA) is 61.8 Å². The van der Waals surface area contributed by atoms with Gasteiger partial charge in [-0.2, -0.15) is 0 Å². The Morgan fingerprint density at radius 1 is 1.04 bits per heavy atom. The van der Waals surface area contributed by atoms with Crippen LogP contribution in [0, 0.1) is 5.82 Å². The maximum absolute atomic E-state index is 12.9. The number of fused-ring (bicyclic) bond motifs is 1. The van der Waals surface area contributed by atoms with Crippen molar-refractivity contribution in [2.24, 2.45) is 0 Å². The number of Topliss-reactive ketones (excluding diaryl/α,β-unsaturated/α-hetero) is 1. The summed E-state index contributed by atoms with van der Waals surface area (Å²) < 4.78 is 41.2. The number of ketones is 1. The normalized spacial score (nSPS) is 15.8. The van der Waals surface area contributed by atoms with Crippen molar-refractivity contribution in [1.29, 1.82) is 0 Å². The molecule has 120 valence electrons. The third kappa shape index (κ3) is 3.28. The van der Waals surface area contributed by atoms with E-state index in [1.807, 2.05) is 0 Å². The second-order valence-electron chi connectivity index (χ2n) is 4.97. The molecule has 0 saturated heterocycles. The molecule has 0 spiro atoms. The van der Waals surface area contributed by atoms with Gasteiger partial charge in [0.05, 0.1) is 0 Å². The second-order valence-corrected chi connectivity index (χ2v) is 6.60. The Bertz CT molecular complexity index is 788. The van der Waals surface area contributed by atoms with Gasteiger partial charge >= 0.3 is 7.82 Å². The smallest absolute Gasteiger partial charge is 0.395 e. The third-order valence-electron chi connectivity index (χ3n) is 3.50. The van der Waals surface area contributed by atoms with Crippen molar-refractivity contribution < 1.29 is 27.3 Å². The van der Waals surface area contributed by atoms with Gasteiger partial charge in [-0.25, -0.2) is 8.96 Å². The van der Waals surface area contributed by atoms with Crippen molar-refractivity contribution in [2.75, 3.05) is 7.11 Å². The Kier molecular flexibility index (Phi) is 4.20. The summed E-state index contributed by atoms with van der Waals surface area (Å²) in [6.45, 7) is 0. The molecule has 0 radical (unpaired) electrons. The standard InChI is InChI=1S/C16H14FO5P/c1-20-23(19,21-12-7-5-11(17)6-8-12)22-16-4-2-3-13-14(16)9-10-15(13)18/h2-8H,9-10H2,1H3. The minimum absolute atomic E-state index is 0.0251. The van der Waals surface area contributed by atoms with E-state index < -0.39 is 13.6 Å². The van der Waals surface area contributed by atoms with Gasteiger partial charge in [0.1, 0.15) is 17.3 Å². The molecule has 1 aliphatic rings. The Balaban J connectivity index is 1.86. The number of phosphoric acid groups is 1. The first kappa shape index (κ1) is 15.7. The molecule has 0 aromatic heterocycles. The molecular formula is C16H14FO5P. The lowest BCUT2D eigenvalue weighted by Crippen LogP contribution is -2.04. The second kappa shape index (κ2) is 6.14. The number of hydrogen-bond donors (Lipinski definition) is 0. The SMILES string of the molecule is COP(=O)(Oc1ccc(F)cc1)Oc1cccc2c1CCC2=O. The summed E-state index contributed by atoms with van der Waals surface area (Å²) in [5, 5.41) is 0. The highest BCUT2D eigenvalue weighted by Crippen LogP contribution is 2.50. The number of halogens is 1. The van der Waals surface area contributed by atoms with Gasteiger partial charge in [0.15, 0.2) is 5.78 Å². The highest BCUT2D eigenvalue weighted by molar-refractivity contribution is 7.49. The minimum Gasteiger partial charge on any atom is -0.395 e. The molecule has 23 heavy (non-hydrogen) atoms. The van der Waals surface area contributed by atoms with Crippen molar-refractivity contribution in [2.45, 2.75) is 12.8 Å². The summed E-state index contributed by atoms with van der Waals surface area (Å²) in [4.78, 5) is 11.8. The monoisotopic (exact) mass is 336 g/mol. The number of carbonyl (C=O) groups is 1. The van der Waals surface area contributed by atoms with Crippen LogP contribution in [0.15, 0.2) is 42.5 Å². The van der Waals surface area contributed by atoms with E-state index in [0.717, 1.165) is 0 Å². The highest BCUT2D eigenvalue weighted by atomic mass is 31.2. The van der Waals surface area contributed by atoms with Crippen molar-refractivity contribution in [1.82, 2.24) is 0 Å². The predicted molar refractivity (Wildman–Crippen MR) is 81.4 cm³/mol. The van der Waals surface area contributed by atoms with Crippen molar-refractivity contribution in [3.63, 3.8) is 0 Å². The van der Waals surface area contributed by atoms with Crippen LogP contribution in [0.2, 0.25) is 0 Å². The summed E-state index contributed by atoms with van der Waals surface area (Å²) in [6.07, 6.45) is 0.913. The van der Waals surface area contributed by atoms with Crippen LogP contribution in [0.25, 0.3) is 0 Å². The van der Waals surface area contributed by atoms with Gasteiger partial charge in [-0.3, -0.25) is 9.32 Å². The zero-order valence-electron chi connectivity index (χ0n) is 12.3. The van der Waals surface area contributed by atoms with E-state index in [4.69, 9.17) is 13.6 Å². The van der Waals surface area contributed by atoms with Gasteiger partial charge in [-0.1, -0.05) is 12.1 Å². The van der Waals surface area contributed by atoms with Gasteiger partial charge in [0.2, 0.25) is 0 Å². The molecule has 0 bridgehead atoms. The molecule has 0 amide bonds. The summed E-state index contributed by atoms with van der Waals surface area (Å²) >= 11 is 0. The number of carbonyl (C=O) groups excluding carboxylic acids is 1. The zero-order valence-corrected chi connectivity index (χ0v) is 13.2. The number of phosphoric ester groups is 1. The fourth-order valence-corrected chi connectivity index (χ4v) is 3.36. The molecule has 0 heterocycles. The molecule has 1 unspecified atom stereocenters. The van der Waals surface area contributed by atoms with Gasteiger partial charge in [0, 0.05) is 24.7 Å². The zero-order chi connectivity index (χ0) is 16.4. The maximum Gasteiger partial charge on any atom is 0.587 e. The van der Waals surface area contributed by atoms with E-state index in [-0.39, 0.29) is 11.5 Å². The van der Waals surface area contributed by atoms with E-state index in [2.05, 4.69) is 0 Å².